The summed E-state index contributed by atoms with van der Waals surface area (Å²) in [5.41, 5.74) is -0.0603. The van der Waals surface area contributed by atoms with Crippen molar-refractivity contribution in [2.24, 2.45) is 22.7 Å². The van der Waals surface area contributed by atoms with Gasteiger partial charge in [0.2, 0.25) is 39.4 Å². The monoisotopic (exact) mass is 780 g/mol. The molecule has 6 atom stereocenters. The van der Waals surface area contributed by atoms with Crippen LogP contribution in [0.15, 0.2) is 60.7 Å². The molecular formula is C40H56N6O8S. The van der Waals surface area contributed by atoms with Gasteiger partial charge in [0, 0.05) is 20.6 Å². The van der Waals surface area contributed by atoms with Gasteiger partial charge in [-0.25, -0.2) is 13.1 Å². The van der Waals surface area contributed by atoms with Crippen LogP contribution >= 0.6 is 0 Å². The maximum Gasteiger partial charge on any atom is 0.290 e. The Balaban J connectivity index is 1.48. The number of sulfonamides is 1. The molecule has 2 unspecified atom stereocenters. The second-order valence-corrected chi connectivity index (χ2v) is 18.2. The summed E-state index contributed by atoms with van der Waals surface area (Å²) in [5.74, 6) is -4.90. The number of hydrogen-bond donors (Lipinski definition) is 4. The van der Waals surface area contributed by atoms with Gasteiger partial charge in [0.25, 0.3) is 5.91 Å². The topological polar surface area (TPSA) is 191 Å². The molecule has 1 saturated heterocycles. The second kappa shape index (κ2) is 17.4. The number of nitrogens with one attached hydrogen (secondary N) is 4. The zero-order valence-electron chi connectivity index (χ0n) is 33.0. The lowest BCUT2D eigenvalue weighted by atomic mass is 9.86. The number of unbranched alkanes of at least 4 members (excludes halogenated alkanes) is 1. The van der Waals surface area contributed by atoms with Gasteiger partial charge in [0.1, 0.15) is 18.1 Å². The Hall–Kier alpha value is -4.63. The predicted molar refractivity (Wildman–Crippen MR) is 207 cm³/mol. The molecule has 2 aliphatic rings. The van der Waals surface area contributed by atoms with Crippen molar-refractivity contribution in [2.45, 2.75) is 90.7 Å². The Morgan fingerprint density at radius 1 is 0.927 bits per heavy atom. The minimum absolute atomic E-state index is 0.0283. The first-order chi connectivity index (χ1) is 25.7. The lowest BCUT2D eigenvalue weighted by Gasteiger charge is -2.37. The van der Waals surface area contributed by atoms with Crippen molar-refractivity contribution >= 4 is 45.3 Å². The Morgan fingerprint density at radius 3 is 2.09 bits per heavy atom. The summed E-state index contributed by atoms with van der Waals surface area (Å²) in [7, 11) is -0.872. The summed E-state index contributed by atoms with van der Waals surface area (Å²) in [6.45, 7) is 10.8. The fourth-order valence-electron chi connectivity index (χ4n) is 7.33. The molecule has 1 aliphatic carbocycles. The quantitative estimate of drug-likeness (QED) is 0.176. The van der Waals surface area contributed by atoms with Gasteiger partial charge in [-0.2, -0.15) is 0 Å². The van der Waals surface area contributed by atoms with Gasteiger partial charge < -0.3 is 25.8 Å². The van der Waals surface area contributed by atoms with E-state index in [9.17, 15) is 37.2 Å². The van der Waals surface area contributed by atoms with Crippen LogP contribution in [0, 0.1) is 22.7 Å². The first-order valence-corrected chi connectivity index (χ1v) is 20.4. The highest BCUT2D eigenvalue weighted by Gasteiger charge is 2.70. The van der Waals surface area contributed by atoms with E-state index >= 15 is 0 Å². The standard InChI is InChI=1S/C40H56N6O8S/c1-9-10-21-28(33(48)36(50)41-22-29(47)43-31(37(51)45(7)8)26-19-15-12-16-20-26)42-35(49)32-30-27(40(30,5)6)23-46(32)38(52)34(39(2,3)4)44-55(53,54)24-25-17-13-11-14-18-25/h11-20,27-28,30-32,34,44H,9-10,21-24H2,1-8H3,(H,41,50)(H,42,49)(H,43,47)/t27-,28?,30-,31?,32-,34+/m0/s1. The van der Waals surface area contributed by atoms with Gasteiger partial charge in [0.05, 0.1) is 18.3 Å². The highest BCUT2D eigenvalue weighted by molar-refractivity contribution is 7.88. The molecule has 55 heavy (non-hydrogen) atoms. The number of rotatable bonds is 17. The summed E-state index contributed by atoms with van der Waals surface area (Å²) in [4.78, 5) is 83.8. The van der Waals surface area contributed by atoms with Crippen molar-refractivity contribution in [3.8, 4) is 0 Å². The summed E-state index contributed by atoms with van der Waals surface area (Å²) in [5, 5.41) is 7.69. The van der Waals surface area contributed by atoms with E-state index in [1.54, 1.807) is 95.5 Å². The molecule has 0 bridgehead atoms. The van der Waals surface area contributed by atoms with Crippen molar-refractivity contribution in [3.05, 3.63) is 71.8 Å². The zero-order chi connectivity index (χ0) is 40.9. The third-order valence-corrected chi connectivity index (χ3v) is 11.9. The third-order valence-electron chi connectivity index (χ3n) is 10.6. The summed E-state index contributed by atoms with van der Waals surface area (Å²) in [6.07, 6.45) is 1.29. The fraction of sp³-hybridized carbons (Fsp3) is 0.550. The van der Waals surface area contributed by atoms with E-state index in [1.807, 2.05) is 20.8 Å². The van der Waals surface area contributed by atoms with E-state index < -0.39 is 75.6 Å². The van der Waals surface area contributed by atoms with Crippen LogP contribution in [-0.2, 0) is 44.5 Å². The number of benzene rings is 2. The van der Waals surface area contributed by atoms with Gasteiger partial charge >= 0.3 is 0 Å². The van der Waals surface area contributed by atoms with Crippen LogP contribution in [-0.4, -0.2) is 98.8 Å². The van der Waals surface area contributed by atoms with E-state index in [1.165, 1.54) is 9.80 Å². The van der Waals surface area contributed by atoms with Crippen LogP contribution < -0.4 is 20.7 Å². The number of nitrogens with zero attached hydrogens (tertiary/aromatic N) is 2. The van der Waals surface area contributed by atoms with Crippen molar-refractivity contribution < 1.29 is 37.2 Å². The average molecular weight is 781 g/mol. The smallest absolute Gasteiger partial charge is 0.290 e. The van der Waals surface area contributed by atoms with E-state index in [4.69, 9.17) is 0 Å². The van der Waals surface area contributed by atoms with Crippen molar-refractivity contribution in [1.82, 2.24) is 30.5 Å². The Labute approximate surface area is 324 Å². The minimum Gasteiger partial charge on any atom is -0.347 e. The maximum atomic E-state index is 14.3. The fourth-order valence-corrected chi connectivity index (χ4v) is 8.86. The largest absolute Gasteiger partial charge is 0.347 e. The average Bonchev–Trinajstić information content (AvgIpc) is 3.42. The number of likely N-dealkylation sites (N-methyl/N-ethyl adjacent to an activating group) is 1. The first kappa shape index (κ1) is 43.1. The zero-order valence-corrected chi connectivity index (χ0v) is 33.9. The molecule has 4 rings (SSSR count). The van der Waals surface area contributed by atoms with Crippen LogP contribution in [0.1, 0.15) is 78.0 Å². The van der Waals surface area contributed by atoms with Crippen molar-refractivity contribution in [1.29, 1.82) is 0 Å². The Morgan fingerprint density at radius 2 is 1.53 bits per heavy atom. The molecule has 2 aromatic rings. The van der Waals surface area contributed by atoms with Crippen molar-refractivity contribution in [2.75, 3.05) is 27.2 Å². The SMILES string of the molecule is CCCCC(NC(=O)[C@@H]1[C@@H]2[C@H](CN1C(=O)[C@@H](NS(=O)(=O)Cc1ccccc1)C(C)(C)C)C2(C)C)C(=O)C(=O)NCC(=O)NC(C(=O)N(C)C)c1ccccc1. The molecule has 0 spiro atoms. The van der Waals surface area contributed by atoms with E-state index in [2.05, 4.69) is 20.7 Å². The summed E-state index contributed by atoms with van der Waals surface area (Å²) in [6, 6.07) is 12.8. The maximum absolute atomic E-state index is 14.3. The summed E-state index contributed by atoms with van der Waals surface area (Å²) >= 11 is 0. The van der Waals surface area contributed by atoms with Gasteiger partial charge in [0.15, 0.2) is 0 Å². The molecular weight excluding hydrogens is 725 g/mol. The molecule has 4 N–H and O–H groups in total. The molecule has 5 amide bonds. The molecule has 15 heteroatoms. The van der Waals surface area contributed by atoms with Crippen molar-refractivity contribution in [3.63, 3.8) is 0 Å². The van der Waals surface area contributed by atoms with Crippen LogP contribution in [0.5, 0.6) is 0 Å². The van der Waals surface area contributed by atoms with Gasteiger partial charge in [-0.15, -0.1) is 0 Å². The number of piperidine rings is 1. The molecule has 0 aromatic heterocycles. The second-order valence-electron chi connectivity index (χ2n) is 16.4. The van der Waals surface area contributed by atoms with Crippen LogP contribution in [0.4, 0.5) is 0 Å². The van der Waals surface area contributed by atoms with Crippen LogP contribution in [0.25, 0.3) is 0 Å². The number of carbonyl (C=O) groups excluding carboxylic acids is 6. The van der Waals surface area contributed by atoms with Gasteiger partial charge in [-0.3, -0.25) is 28.8 Å². The lowest BCUT2D eigenvalue weighted by molar-refractivity contribution is -0.145. The van der Waals surface area contributed by atoms with Crippen LogP contribution in [0.3, 0.4) is 0 Å². The number of Topliss-reactive ketones (excluding diaryl/α,β-unsaturated/α-hetero) is 1. The number of likely N-dealkylation sites (tertiary alicyclic amines) is 1. The predicted octanol–water partition coefficient (Wildman–Crippen LogP) is 2.31. The third kappa shape index (κ3) is 10.6. The number of amides is 5. The Bertz CT molecular complexity index is 1850. The Kier molecular flexibility index (Phi) is 13.7. The number of fused-ring (bicyclic) bond motifs is 1. The molecule has 1 heterocycles. The molecule has 2 aromatic carbocycles. The summed E-state index contributed by atoms with van der Waals surface area (Å²) < 4.78 is 29.3. The van der Waals surface area contributed by atoms with E-state index in [0.717, 1.165) is 0 Å². The van der Waals surface area contributed by atoms with Crippen LogP contribution in [0.2, 0.25) is 0 Å². The molecule has 1 saturated carbocycles. The van der Waals surface area contributed by atoms with Gasteiger partial charge in [-0.05, 0) is 40.2 Å². The van der Waals surface area contributed by atoms with E-state index in [-0.39, 0.29) is 41.9 Å². The molecule has 1 aliphatic heterocycles. The molecule has 300 valence electrons. The lowest BCUT2D eigenvalue weighted by Crippen LogP contribution is -2.60. The van der Waals surface area contributed by atoms with E-state index in [0.29, 0.717) is 24.0 Å². The molecule has 2 fully saturated rings. The normalized spacial score (nSPS) is 20.3. The number of hydrogen-bond acceptors (Lipinski definition) is 8. The van der Waals surface area contributed by atoms with Gasteiger partial charge in [-0.1, -0.05) is 115 Å². The minimum atomic E-state index is -3.98. The highest BCUT2D eigenvalue weighted by Crippen LogP contribution is 2.65. The molecule has 0 radical (unpaired) electrons. The highest BCUT2D eigenvalue weighted by atomic mass is 32.2. The number of ketones is 1. The first-order valence-electron chi connectivity index (χ1n) is 18.7. The molecule has 14 nitrogen and oxygen atoms in total. The number of carbonyl (C=O) groups is 6.